The van der Waals surface area contributed by atoms with E-state index in [1.807, 2.05) is 30.3 Å². The lowest BCUT2D eigenvalue weighted by Gasteiger charge is -2.40. The van der Waals surface area contributed by atoms with Crippen LogP contribution in [-0.4, -0.2) is 43.1 Å². The molecule has 0 bridgehead atoms. The lowest BCUT2D eigenvalue weighted by atomic mass is 9.73. The number of esters is 2. The van der Waals surface area contributed by atoms with E-state index in [-0.39, 0.29) is 18.9 Å². The lowest BCUT2D eigenvalue weighted by Crippen LogP contribution is -2.48. The summed E-state index contributed by atoms with van der Waals surface area (Å²) in [6, 6.07) is 9.32. The monoisotopic (exact) mass is 413 g/mol. The SMILES string of the molecule is CCC(=O)OC(C(=O)OCC#CCN(CC)CC)(c1ccccc1)C1CCCCC1. The molecule has 0 heterocycles. The topological polar surface area (TPSA) is 55.8 Å². The summed E-state index contributed by atoms with van der Waals surface area (Å²) in [6.07, 6.45) is 5.02. The van der Waals surface area contributed by atoms with Crippen molar-refractivity contribution in [1.82, 2.24) is 4.90 Å². The summed E-state index contributed by atoms with van der Waals surface area (Å²) in [4.78, 5) is 28.0. The van der Waals surface area contributed by atoms with Gasteiger partial charge in [-0.2, -0.15) is 0 Å². The highest BCUT2D eigenvalue weighted by Gasteiger charge is 2.52. The molecular weight excluding hydrogens is 378 g/mol. The molecule has 5 heteroatoms. The van der Waals surface area contributed by atoms with Crippen LogP contribution in [0, 0.1) is 17.8 Å². The first-order valence-electron chi connectivity index (χ1n) is 11.2. The standard InChI is InChI=1S/C25H35NO4/c1-4-23(27)30-25(21-15-9-7-10-16-21,22-17-11-8-12-18-22)24(28)29-20-14-13-19-26(5-2)6-3/h7,9-10,15-16,22H,4-6,8,11-12,17-20H2,1-3H3. The summed E-state index contributed by atoms with van der Waals surface area (Å²) in [5, 5.41) is 0. The summed E-state index contributed by atoms with van der Waals surface area (Å²) in [5.74, 6) is 4.98. The van der Waals surface area contributed by atoms with E-state index < -0.39 is 17.5 Å². The van der Waals surface area contributed by atoms with E-state index in [1.165, 1.54) is 0 Å². The number of carbonyl (C=O) groups excluding carboxylic acids is 2. The van der Waals surface area contributed by atoms with Gasteiger partial charge < -0.3 is 9.47 Å². The maximum atomic E-state index is 13.4. The van der Waals surface area contributed by atoms with Crippen molar-refractivity contribution in [1.29, 1.82) is 0 Å². The minimum Gasteiger partial charge on any atom is -0.449 e. The van der Waals surface area contributed by atoms with E-state index >= 15 is 0 Å². The molecule has 0 N–H and O–H groups in total. The normalized spacial score (nSPS) is 16.3. The Kier molecular flexibility index (Phi) is 9.89. The molecule has 0 radical (unpaired) electrons. The zero-order chi connectivity index (χ0) is 21.8. The van der Waals surface area contributed by atoms with Gasteiger partial charge in [-0.25, -0.2) is 4.79 Å². The average molecular weight is 414 g/mol. The molecule has 1 atom stereocenters. The van der Waals surface area contributed by atoms with Gasteiger partial charge in [0.05, 0.1) is 6.54 Å². The summed E-state index contributed by atoms with van der Waals surface area (Å²) >= 11 is 0. The Hall–Kier alpha value is -2.32. The molecule has 1 unspecified atom stereocenters. The molecule has 1 aromatic rings. The molecule has 0 amide bonds. The first-order chi connectivity index (χ1) is 14.6. The van der Waals surface area contributed by atoms with Crippen LogP contribution in [0.2, 0.25) is 0 Å². The summed E-state index contributed by atoms with van der Waals surface area (Å²) < 4.78 is 11.5. The second-order valence-corrected chi connectivity index (χ2v) is 7.66. The molecule has 1 fully saturated rings. The summed E-state index contributed by atoms with van der Waals surface area (Å²) in [6.45, 7) is 8.40. The number of rotatable bonds is 9. The number of ether oxygens (including phenoxy) is 2. The molecule has 1 aromatic carbocycles. The molecule has 1 aliphatic rings. The second kappa shape index (κ2) is 12.4. The first-order valence-corrected chi connectivity index (χ1v) is 11.2. The lowest BCUT2D eigenvalue weighted by molar-refractivity contribution is -0.193. The van der Waals surface area contributed by atoms with Crippen molar-refractivity contribution in [3.05, 3.63) is 35.9 Å². The van der Waals surface area contributed by atoms with Crippen LogP contribution < -0.4 is 0 Å². The van der Waals surface area contributed by atoms with Gasteiger partial charge >= 0.3 is 11.9 Å². The molecule has 0 aliphatic heterocycles. The van der Waals surface area contributed by atoms with Crippen molar-refractivity contribution < 1.29 is 19.1 Å². The highest BCUT2D eigenvalue weighted by atomic mass is 16.6. The van der Waals surface area contributed by atoms with Gasteiger partial charge in [-0.15, -0.1) is 0 Å². The van der Waals surface area contributed by atoms with Gasteiger partial charge in [0.25, 0.3) is 0 Å². The van der Waals surface area contributed by atoms with Crippen molar-refractivity contribution in [2.24, 2.45) is 5.92 Å². The maximum absolute atomic E-state index is 13.4. The molecule has 2 rings (SSSR count). The molecule has 0 saturated heterocycles. The van der Waals surface area contributed by atoms with Crippen molar-refractivity contribution in [2.75, 3.05) is 26.2 Å². The van der Waals surface area contributed by atoms with E-state index in [1.54, 1.807) is 6.92 Å². The van der Waals surface area contributed by atoms with Gasteiger partial charge in [0.2, 0.25) is 5.60 Å². The number of benzene rings is 1. The highest BCUT2D eigenvalue weighted by molar-refractivity contribution is 5.85. The molecule has 0 aromatic heterocycles. The predicted octanol–water partition coefficient (Wildman–Crippen LogP) is 4.30. The van der Waals surface area contributed by atoms with Crippen LogP contribution in [-0.2, 0) is 24.7 Å². The maximum Gasteiger partial charge on any atom is 0.356 e. The zero-order valence-corrected chi connectivity index (χ0v) is 18.6. The Morgan fingerprint density at radius 2 is 1.70 bits per heavy atom. The van der Waals surface area contributed by atoms with Gasteiger partial charge in [-0.3, -0.25) is 9.69 Å². The fraction of sp³-hybridized carbons (Fsp3) is 0.600. The van der Waals surface area contributed by atoms with Crippen LogP contribution >= 0.6 is 0 Å². The molecule has 0 spiro atoms. The predicted molar refractivity (Wildman–Crippen MR) is 118 cm³/mol. The minimum absolute atomic E-state index is 0.00885. The zero-order valence-electron chi connectivity index (χ0n) is 18.6. The largest absolute Gasteiger partial charge is 0.449 e. The number of nitrogens with zero attached hydrogens (tertiary/aromatic N) is 1. The summed E-state index contributed by atoms with van der Waals surface area (Å²) in [7, 11) is 0. The van der Waals surface area contributed by atoms with Crippen molar-refractivity contribution in [2.45, 2.75) is 64.9 Å². The molecular formula is C25H35NO4. The van der Waals surface area contributed by atoms with E-state index in [2.05, 4.69) is 30.6 Å². The Morgan fingerprint density at radius 1 is 1.03 bits per heavy atom. The molecule has 1 saturated carbocycles. The fourth-order valence-electron chi connectivity index (χ4n) is 4.03. The first kappa shape index (κ1) is 24.0. The number of hydrogen-bond acceptors (Lipinski definition) is 5. The average Bonchev–Trinajstić information content (AvgIpc) is 2.80. The third-order valence-corrected chi connectivity index (χ3v) is 5.85. The van der Waals surface area contributed by atoms with Crippen LogP contribution in [0.5, 0.6) is 0 Å². The minimum atomic E-state index is -1.41. The van der Waals surface area contributed by atoms with Crippen molar-refractivity contribution in [3.63, 3.8) is 0 Å². The Morgan fingerprint density at radius 3 is 2.30 bits per heavy atom. The molecule has 30 heavy (non-hydrogen) atoms. The summed E-state index contributed by atoms with van der Waals surface area (Å²) in [5.41, 5.74) is -0.727. The Balaban J connectivity index is 2.28. The van der Waals surface area contributed by atoms with E-state index in [0.29, 0.717) is 12.1 Å². The highest BCUT2D eigenvalue weighted by Crippen LogP contribution is 2.43. The quantitative estimate of drug-likeness (QED) is 0.446. The van der Waals surface area contributed by atoms with E-state index in [0.717, 1.165) is 45.2 Å². The fourth-order valence-corrected chi connectivity index (χ4v) is 4.03. The number of carbonyl (C=O) groups is 2. The van der Waals surface area contributed by atoms with Gasteiger partial charge in [0, 0.05) is 17.9 Å². The Labute approximate surface area is 181 Å². The van der Waals surface area contributed by atoms with Crippen LogP contribution in [0.1, 0.15) is 64.9 Å². The van der Waals surface area contributed by atoms with Crippen molar-refractivity contribution >= 4 is 11.9 Å². The second-order valence-electron chi connectivity index (χ2n) is 7.66. The van der Waals surface area contributed by atoms with Crippen LogP contribution in [0.15, 0.2) is 30.3 Å². The third kappa shape index (κ3) is 6.09. The van der Waals surface area contributed by atoms with Gasteiger partial charge in [0.1, 0.15) is 0 Å². The van der Waals surface area contributed by atoms with Gasteiger partial charge in [0.15, 0.2) is 6.61 Å². The number of hydrogen-bond donors (Lipinski definition) is 0. The van der Waals surface area contributed by atoms with Crippen LogP contribution in [0.25, 0.3) is 0 Å². The molecule has 5 nitrogen and oxygen atoms in total. The van der Waals surface area contributed by atoms with Gasteiger partial charge in [-0.05, 0) is 25.9 Å². The van der Waals surface area contributed by atoms with Crippen LogP contribution in [0.3, 0.4) is 0 Å². The third-order valence-electron chi connectivity index (χ3n) is 5.85. The molecule has 164 valence electrons. The van der Waals surface area contributed by atoms with E-state index in [9.17, 15) is 9.59 Å². The van der Waals surface area contributed by atoms with E-state index in [4.69, 9.17) is 9.47 Å². The van der Waals surface area contributed by atoms with Crippen molar-refractivity contribution in [3.8, 4) is 11.8 Å². The van der Waals surface area contributed by atoms with Gasteiger partial charge in [-0.1, -0.05) is 82.2 Å². The molecule has 1 aliphatic carbocycles. The smallest absolute Gasteiger partial charge is 0.356 e. The Bertz CT molecular complexity index is 727. The van der Waals surface area contributed by atoms with Crippen LogP contribution in [0.4, 0.5) is 0 Å².